The van der Waals surface area contributed by atoms with E-state index in [1.165, 1.54) is 46.0 Å². The maximum Gasteiger partial charge on any atom is 0.158 e. The number of ketones is 1. The van der Waals surface area contributed by atoms with Crippen molar-refractivity contribution in [3.05, 3.63) is 12.2 Å². The molecule has 192 valence electrons. The number of rotatable bonds is 6. The maximum absolute atomic E-state index is 12.4. The number of carbonyl (C=O) groups is 1. The van der Waals surface area contributed by atoms with Crippen molar-refractivity contribution >= 4 is 5.78 Å². The van der Waals surface area contributed by atoms with Crippen molar-refractivity contribution < 1.29 is 25.2 Å². The number of Topliss-reactive ketones (excluding diaryl/α,β-unsaturated/α-hetero) is 1. The molecule has 4 N–H and O–H groups in total. The minimum absolute atomic E-state index is 0.0129. The SMILES string of the molecule is C=C1C(=O)CC[C@]23C[C@]24CC[C@]2(C)[C@@H]([C@H](C)[C@H](O)C[C@](O)(CO)C(C)(C)O)CC[C@H]2[C@@H]4CC[C@@H]13. The van der Waals surface area contributed by atoms with Crippen molar-refractivity contribution in [3.63, 3.8) is 0 Å². The van der Waals surface area contributed by atoms with Crippen molar-refractivity contribution in [2.24, 2.45) is 45.8 Å². The smallest absolute Gasteiger partial charge is 0.158 e. The minimum Gasteiger partial charge on any atom is -0.393 e. The second-order valence-electron chi connectivity index (χ2n) is 13.8. The van der Waals surface area contributed by atoms with E-state index in [-0.39, 0.29) is 17.8 Å². The lowest BCUT2D eigenvalue weighted by Gasteiger charge is -2.56. The van der Waals surface area contributed by atoms with E-state index in [0.717, 1.165) is 24.8 Å². The summed E-state index contributed by atoms with van der Waals surface area (Å²) in [6.07, 6.45) is 9.22. The summed E-state index contributed by atoms with van der Waals surface area (Å²) in [5, 5.41) is 42.3. The zero-order chi connectivity index (χ0) is 24.9. The monoisotopic (exact) mass is 474 g/mol. The van der Waals surface area contributed by atoms with Gasteiger partial charge in [0.2, 0.25) is 0 Å². The topological polar surface area (TPSA) is 98.0 Å². The molecule has 5 aliphatic carbocycles. The molecule has 0 aliphatic heterocycles. The zero-order valence-electron chi connectivity index (χ0n) is 21.6. The van der Waals surface area contributed by atoms with E-state index in [1.807, 2.05) is 0 Å². The van der Waals surface area contributed by atoms with Crippen molar-refractivity contribution in [2.45, 2.75) is 109 Å². The van der Waals surface area contributed by atoms with Crippen LogP contribution in [-0.4, -0.2) is 50.1 Å². The van der Waals surface area contributed by atoms with Crippen LogP contribution in [0.4, 0.5) is 0 Å². The van der Waals surface area contributed by atoms with Crippen LogP contribution in [-0.2, 0) is 4.79 Å². The Morgan fingerprint density at radius 3 is 2.38 bits per heavy atom. The first-order valence-electron chi connectivity index (χ1n) is 13.7. The summed E-state index contributed by atoms with van der Waals surface area (Å²) in [6.45, 7) is 11.2. The third-order valence-corrected chi connectivity index (χ3v) is 12.5. The Kier molecular flexibility index (Phi) is 5.59. The van der Waals surface area contributed by atoms with Crippen molar-refractivity contribution in [2.75, 3.05) is 6.61 Å². The fourth-order valence-electron chi connectivity index (χ4n) is 10.2. The average molecular weight is 475 g/mol. The second-order valence-corrected chi connectivity index (χ2v) is 13.8. The van der Waals surface area contributed by atoms with Gasteiger partial charge in [-0.1, -0.05) is 20.4 Å². The van der Waals surface area contributed by atoms with Crippen LogP contribution in [0.1, 0.15) is 91.9 Å². The highest BCUT2D eigenvalue weighted by Gasteiger charge is 2.78. The van der Waals surface area contributed by atoms with E-state index < -0.39 is 23.9 Å². The summed E-state index contributed by atoms with van der Waals surface area (Å²) in [5.41, 5.74) is -1.41. The quantitative estimate of drug-likeness (QED) is 0.436. The Labute approximate surface area is 205 Å². The Morgan fingerprint density at radius 2 is 1.74 bits per heavy atom. The summed E-state index contributed by atoms with van der Waals surface area (Å²) in [6, 6.07) is 0. The number of hydrogen-bond acceptors (Lipinski definition) is 5. The molecule has 2 spiro atoms. The van der Waals surface area contributed by atoms with Crippen LogP contribution >= 0.6 is 0 Å². The van der Waals surface area contributed by atoms with Gasteiger partial charge in [0, 0.05) is 12.8 Å². The first-order valence-corrected chi connectivity index (χ1v) is 13.7. The standard InChI is InChI=1S/C29H46O5/c1-17(24(32)14-29(34,16-30)25(3,4)33)19-6-8-21-22-9-7-20-18(2)23(31)10-11-27(20)15-28(22,27)13-12-26(19,21)5/h17,19-22,24,30,32-34H,2,6-16H2,1,3-5H3/t17-,19+,20-,21-,22-,24+,26+,27+,28-,29-/m0/s1. The Hall–Kier alpha value is -0.750. The van der Waals surface area contributed by atoms with E-state index in [2.05, 4.69) is 20.4 Å². The predicted molar refractivity (Wildman–Crippen MR) is 131 cm³/mol. The minimum atomic E-state index is -1.73. The van der Waals surface area contributed by atoms with Gasteiger partial charge in [-0.2, -0.15) is 0 Å². The summed E-state index contributed by atoms with van der Waals surface area (Å²) in [7, 11) is 0. The molecule has 0 saturated heterocycles. The molecule has 0 aromatic heterocycles. The Balaban J connectivity index is 1.34. The average Bonchev–Trinajstić information content (AvgIpc) is 3.32. The fraction of sp³-hybridized carbons (Fsp3) is 0.897. The van der Waals surface area contributed by atoms with Gasteiger partial charge in [0.15, 0.2) is 5.78 Å². The molecule has 10 atom stereocenters. The lowest BCUT2D eigenvalue weighted by molar-refractivity contribution is -0.176. The number of aliphatic hydroxyl groups excluding tert-OH is 2. The van der Waals surface area contributed by atoms with Crippen molar-refractivity contribution in [3.8, 4) is 0 Å². The largest absolute Gasteiger partial charge is 0.393 e. The molecular formula is C29H46O5. The van der Waals surface area contributed by atoms with Crippen LogP contribution in [0.5, 0.6) is 0 Å². The summed E-state index contributed by atoms with van der Waals surface area (Å²) in [4.78, 5) is 12.4. The van der Waals surface area contributed by atoms with Crippen LogP contribution in [0.25, 0.3) is 0 Å². The Morgan fingerprint density at radius 1 is 1.06 bits per heavy atom. The van der Waals surface area contributed by atoms with Gasteiger partial charge in [-0.15, -0.1) is 0 Å². The van der Waals surface area contributed by atoms with Crippen LogP contribution in [0.3, 0.4) is 0 Å². The molecule has 0 heterocycles. The molecule has 0 unspecified atom stereocenters. The van der Waals surface area contributed by atoms with Gasteiger partial charge in [0.1, 0.15) is 5.60 Å². The normalized spacial score (nSPS) is 47.1. The fourth-order valence-corrected chi connectivity index (χ4v) is 10.2. The molecular weight excluding hydrogens is 428 g/mol. The van der Waals surface area contributed by atoms with Crippen LogP contribution in [0.15, 0.2) is 12.2 Å². The van der Waals surface area contributed by atoms with Gasteiger partial charge in [-0.3, -0.25) is 4.79 Å². The number of hydrogen-bond donors (Lipinski definition) is 4. The molecule has 0 radical (unpaired) electrons. The Bertz CT molecular complexity index is 876. The molecule has 34 heavy (non-hydrogen) atoms. The van der Waals surface area contributed by atoms with E-state index in [4.69, 9.17) is 0 Å². The van der Waals surface area contributed by atoms with Gasteiger partial charge in [0.05, 0.1) is 18.3 Å². The van der Waals surface area contributed by atoms with Crippen molar-refractivity contribution in [1.29, 1.82) is 0 Å². The van der Waals surface area contributed by atoms with E-state index >= 15 is 0 Å². The molecule has 0 aromatic rings. The third-order valence-electron chi connectivity index (χ3n) is 12.5. The predicted octanol–water partition coefficient (Wildman–Crippen LogP) is 4.02. The molecule has 0 bridgehead atoms. The summed E-state index contributed by atoms with van der Waals surface area (Å²) >= 11 is 0. The van der Waals surface area contributed by atoms with Crippen LogP contribution < -0.4 is 0 Å². The van der Waals surface area contributed by atoms with E-state index in [1.54, 1.807) is 0 Å². The van der Waals surface area contributed by atoms with E-state index in [9.17, 15) is 25.2 Å². The molecule has 5 nitrogen and oxygen atoms in total. The van der Waals surface area contributed by atoms with Gasteiger partial charge >= 0.3 is 0 Å². The number of carbonyl (C=O) groups excluding carboxylic acids is 1. The first kappa shape index (κ1) is 24.9. The van der Waals surface area contributed by atoms with Crippen LogP contribution in [0, 0.1) is 45.8 Å². The molecule has 5 saturated carbocycles. The number of fused-ring (bicyclic) bond motifs is 2. The molecule has 0 aromatic carbocycles. The van der Waals surface area contributed by atoms with Crippen molar-refractivity contribution in [1.82, 2.24) is 0 Å². The van der Waals surface area contributed by atoms with Gasteiger partial charge in [-0.05, 0) is 117 Å². The lowest BCUT2D eigenvalue weighted by Crippen LogP contribution is -2.56. The molecule has 5 heteroatoms. The van der Waals surface area contributed by atoms with Crippen LogP contribution in [0.2, 0.25) is 0 Å². The highest BCUT2D eigenvalue weighted by atomic mass is 16.4. The second kappa shape index (κ2) is 7.63. The molecule has 5 aliphatic rings. The molecule has 5 rings (SSSR count). The number of allylic oxidation sites excluding steroid dienone is 1. The lowest BCUT2D eigenvalue weighted by atomic mass is 9.48. The number of aliphatic hydroxyl groups is 4. The zero-order valence-corrected chi connectivity index (χ0v) is 21.6. The third kappa shape index (κ3) is 3.09. The molecule has 5 fully saturated rings. The van der Waals surface area contributed by atoms with Gasteiger partial charge in [-0.25, -0.2) is 0 Å². The van der Waals surface area contributed by atoms with E-state index in [0.29, 0.717) is 46.7 Å². The van der Waals surface area contributed by atoms with Gasteiger partial charge < -0.3 is 20.4 Å². The molecule has 0 amide bonds. The van der Waals surface area contributed by atoms with Gasteiger partial charge in [0.25, 0.3) is 0 Å². The highest BCUT2D eigenvalue weighted by Crippen LogP contribution is 2.85. The first-order chi connectivity index (χ1) is 15.8. The maximum atomic E-state index is 12.4. The summed E-state index contributed by atoms with van der Waals surface area (Å²) < 4.78 is 0. The highest BCUT2D eigenvalue weighted by molar-refractivity contribution is 5.96. The summed E-state index contributed by atoms with van der Waals surface area (Å²) in [5.74, 6) is 2.42.